The Morgan fingerprint density at radius 2 is 1.86 bits per heavy atom. The number of methoxy groups -OCH3 is 2. The Bertz CT molecular complexity index is 779. The van der Waals surface area contributed by atoms with Gasteiger partial charge in [0.25, 0.3) is 0 Å². The van der Waals surface area contributed by atoms with Crippen molar-refractivity contribution < 1.29 is 33.6 Å². The lowest BCUT2D eigenvalue weighted by atomic mass is 9.78. The van der Waals surface area contributed by atoms with Gasteiger partial charge in [-0.3, -0.25) is 4.79 Å². The summed E-state index contributed by atoms with van der Waals surface area (Å²) in [7, 11) is 1.01. The van der Waals surface area contributed by atoms with Crippen molar-refractivity contribution in [1.29, 1.82) is 0 Å². The number of aliphatic hydroxyl groups is 1. The Morgan fingerprint density at radius 1 is 1.28 bits per heavy atom. The Hall–Kier alpha value is -0.303. The molecule has 1 heterocycles. The van der Waals surface area contributed by atoms with Gasteiger partial charge in [0.2, 0.25) is 0 Å². The van der Waals surface area contributed by atoms with Gasteiger partial charge < -0.3 is 28.8 Å². The smallest absolute Gasteiger partial charge is 0.311 e. The van der Waals surface area contributed by atoms with E-state index in [1.165, 1.54) is 7.11 Å². The Kier molecular flexibility index (Phi) is 12.8. The highest BCUT2D eigenvalue weighted by Crippen LogP contribution is 2.46. The summed E-state index contributed by atoms with van der Waals surface area (Å²) in [5.41, 5.74) is 1.00. The van der Waals surface area contributed by atoms with E-state index in [1.54, 1.807) is 24.2 Å². The zero-order valence-corrected chi connectivity index (χ0v) is 27.2. The van der Waals surface area contributed by atoms with Gasteiger partial charge in [-0.05, 0) is 48.6 Å². The summed E-state index contributed by atoms with van der Waals surface area (Å²) in [6, 6.07) is 0. The average Bonchev–Trinajstić information content (AvgIpc) is 2.77. The summed E-state index contributed by atoms with van der Waals surface area (Å²) in [4.78, 5) is 12.1. The van der Waals surface area contributed by atoms with Crippen LogP contribution in [0.5, 0.6) is 0 Å². The van der Waals surface area contributed by atoms with E-state index < -0.39 is 32.1 Å². The number of aliphatic carboxylic acids is 1. The minimum absolute atomic E-state index is 0.00241. The molecule has 36 heavy (non-hydrogen) atoms. The number of aliphatic hydroxyl groups excluding tert-OH is 1. The second-order valence-electron chi connectivity index (χ2n) is 11.8. The number of carbonyl (C=O) groups is 1. The molecule has 0 aromatic heterocycles. The van der Waals surface area contributed by atoms with Crippen molar-refractivity contribution in [3.63, 3.8) is 0 Å². The van der Waals surface area contributed by atoms with Crippen LogP contribution >= 0.6 is 22.6 Å². The molecule has 1 saturated heterocycles. The van der Waals surface area contributed by atoms with Gasteiger partial charge in [0.15, 0.2) is 14.1 Å². The van der Waals surface area contributed by atoms with Crippen molar-refractivity contribution >= 4 is 36.9 Å². The van der Waals surface area contributed by atoms with Gasteiger partial charge in [-0.2, -0.15) is 0 Å². The fraction of sp³-hybridized carbons (Fsp3) is 0.815. The number of carboxylic acids is 1. The van der Waals surface area contributed by atoms with Crippen LogP contribution in [-0.4, -0.2) is 68.9 Å². The third-order valence-corrected chi connectivity index (χ3v) is 13.1. The Morgan fingerprint density at radius 3 is 2.31 bits per heavy atom. The second kappa shape index (κ2) is 13.7. The predicted octanol–water partition coefficient (Wildman–Crippen LogP) is 6.16. The van der Waals surface area contributed by atoms with E-state index in [4.69, 9.17) is 18.6 Å². The molecule has 1 rings (SSSR count). The van der Waals surface area contributed by atoms with Crippen LogP contribution in [0, 0.1) is 17.8 Å². The predicted molar refractivity (Wildman–Crippen MR) is 155 cm³/mol. The molecule has 8 atom stereocenters. The highest BCUT2D eigenvalue weighted by atomic mass is 127. The summed E-state index contributed by atoms with van der Waals surface area (Å²) < 4.78 is 27.0. The number of carboxylic acid groups (broad SMARTS) is 1. The van der Waals surface area contributed by atoms with Gasteiger partial charge in [0.05, 0.1) is 24.4 Å². The molecule has 1 aliphatic rings. The molecule has 0 aliphatic carbocycles. The maximum atomic E-state index is 12.1. The van der Waals surface area contributed by atoms with Crippen molar-refractivity contribution in [3.05, 3.63) is 21.8 Å². The third-order valence-electron chi connectivity index (χ3n) is 8.14. The van der Waals surface area contributed by atoms with Crippen molar-refractivity contribution in [3.8, 4) is 0 Å². The van der Waals surface area contributed by atoms with Crippen LogP contribution in [0.4, 0.5) is 0 Å². The van der Waals surface area contributed by atoms with E-state index in [2.05, 4.69) is 70.3 Å². The van der Waals surface area contributed by atoms with Crippen molar-refractivity contribution in [2.45, 2.75) is 110 Å². The summed E-state index contributed by atoms with van der Waals surface area (Å²) in [6.07, 6.45) is 3.16. The monoisotopic (exact) mass is 640 g/mol. The zero-order chi connectivity index (χ0) is 28.1. The lowest BCUT2D eigenvalue weighted by Gasteiger charge is -2.53. The molecular formula is C27H49IO7Si. The maximum Gasteiger partial charge on any atom is 0.311 e. The topological polar surface area (TPSA) is 94.5 Å². The lowest BCUT2D eigenvalue weighted by molar-refractivity contribution is -0.326. The molecule has 0 aromatic rings. The van der Waals surface area contributed by atoms with E-state index in [9.17, 15) is 15.0 Å². The van der Waals surface area contributed by atoms with Gasteiger partial charge in [0.1, 0.15) is 5.92 Å². The van der Waals surface area contributed by atoms with Crippen LogP contribution in [0.2, 0.25) is 18.1 Å². The molecule has 2 N–H and O–H groups in total. The first-order chi connectivity index (χ1) is 16.5. The number of halogens is 1. The van der Waals surface area contributed by atoms with E-state index in [1.807, 2.05) is 13.0 Å². The standard InChI is InChI=1S/C27H49IO7Si/c1-17(14-21(29)12-13-28)15-22(32-8)18(2)24-19(3)23(35-36(10,11)26(5,6)7)16-27(33-9,34-24)20(4)25(30)31/h12-13,15,18-24,29H,14,16H2,1-11H3,(H,30,31)/b13-12+,17-15+/t18-,19-,20-,21+,22-,23+,24+,27+/m1/s1. The first-order valence-electron chi connectivity index (χ1n) is 12.7. The van der Waals surface area contributed by atoms with E-state index in [0.717, 1.165) is 5.57 Å². The zero-order valence-electron chi connectivity index (χ0n) is 24.0. The molecule has 0 radical (unpaired) electrons. The first kappa shape index (κ1) is 33.7. The highest BCUT2D eigenvalue weighted by molar-refractivity contribution is 14.1. The van der Waals surface area contributed by atoms with Crippen molar-refractivity contribution in [1.82, 2.24) is 0 Å². The number of hydrogen-bond acceptors (Lipinski definition) is 6. The number of ether oxygens (including phenoxy) is 3. The molecule has 1 aliphatic heterocycles. The van der Waals surface area contributed by atoms with Gasteiger partial charge in [-0.15, -0.1) is 0 Å². The summed E-state index contributed by atoms with van der Waals surface area (Å²) >= 11 is 2.09. The molecular weight excluding hydrogens is 591 g/mol. The van der Waals surface area contributed by atoms with E-state index in [0.29, 0.717) is 12.8 Å². The van der Waals surface area contributed by atoms with Crippen LogP contribution < -0.4 is 0 Å². The average molecular weight is 641 g/mol. The quantitative estimate of drug-likeness (QED) is 0.150. The fourth-order valence-corrected chi connectivity index (χ4v) is 6.47. The summed E-state index contributed by atoms with van der Waals surface area (Å²) in [5, 5.41) is 20.1. The van der Waals surface area contributed by atoms with E-state index in [-0.39, 0.29) is 35.2 Å². The molecule has 1 fully saturated rings. The van der Waals surface area contributed by atoms with Crippen LogP contribution in [0.3, 0.4) is 0 Å². The number of hydrogen-bond donors (Lipinski definition) is 2. The normalized spacial score (nSPS) is 29.7. The van der Waals surface area contributed by atoms with Crippen LogP contribution in [0.15, 0.2) is 21.8 Å². The van der Waals surface area contributed by atoms with Gasteiger partial charge in [-0.1, -0.05) is 68.9 Å². The largest absolute Gasteiger partial charge is 0.481 e. The van der Waals surface area contributed by atoms with E-state index >= 15 is 0 Å². The Balaban J connectivity index is 3.43. The molecule has 0 spiro atoms. The van der Waals surface area contributed by atoms with Crippen LogP contribution in [-0.2, 0) is 23.4 Å². The summed E-state index contributed by atoms with van der Waals surface area (Å²) in [6.45, 7) is 18.8. The molecule has 210 valence electrons. The molecule has 0 saturated carbocycles. The van der Waals surface area contributed by atoms with Gasteiger partial charge >= 0.3 is 5.97 Å². The van der Waals surface area contributed by atoms with Crippen molar-refractivity contribution in [2.75, 3.05) is 14.2 Å². The van der Waals surface area contributed by atoms with Crippen LogP contribution in [0.1, 0.15) is 61.3 Å². The fourth-order valence-electron chi connectivity index (χ4n) is 4.58. The lowest BCUT2D eigenvalue weighted by Crippen LogP contribution is -2.61. The van der Waals surface area contributed by atoms with Crippen LogP contribution in [0.25, 0.3) is 0 Å². The minimum atomic E-state index is -2.16. The Labute approximate surface area is 233 Å². The first-order valence-corrected chi connectivity index (χ1v) is 16.9. The molecule has 9 heteroatoms. The SMILES string of the molecule is CO[C@H](/C=C(\C)C[C@@H](O)/C=C/I)[C@@H](C)[C@@H]1O[C@](OC)([C@H](C)C(=O)O)C[C@H](O[Si](C)(C)C(C)(C)C)[C@H]1C. The summed E-state index contributed by atoms with van der Waals surface area (Å²) in [5.74, 6) is -3.32. The third kappa shape index (κ3) is 8.35. The van der Waals surface area contributed by atoms with Gasteiger partial charge in [-0.25, -0.2) is 0 Å². The maximum absolute atomic E-state index is 12.1. The minimum Gasteiger partial charge on any atom is -0.481 e. The molecule has 0 aromatic carbocycles. The molecule has 0 amide bonds. The van der Waals surface area contributed by atoms with Gasteiger partial charge in [0, 0.05) is 32.5 Å². The van der Waals surface area contributed by atoms with Crippen molar-refractivity contribution in [2.24, 2.45) is 17.8 Å². The molecule has 0 unspecified atom stereocenters. The second-order valence-corrected chi connectivity index (χ2v) is 17.3. The highest BCUT2D eigenvalue weighted by Gasteiger charge is 2.55. The molecule has 0 bridgehead atoms. The molecule has 7 nitrogen and oxygen atoms in total. The number of rotatable bonds is 12.